The number of fused-ring (bicyclic) bond motifs is 1. The Hall–Kier alpha value is -2.68. The summed E-state index contributed by atoms with van der Waals surface area (Å²) in [5.41, 5.74) is 2.84. The first-order valence-electron chi connectivity index (χ1n) is 10.6. The van der Waals surface area contributed by atoms with Crippen LogP contribution in [0.3, 0.4) is 0 Å². The first-order valence-corrected chi connectivity index (χ1v) is 13.3. The zero-order chi connectivity index (χ0) is 23.4. The summed E-state index contributed by atoms with van der Waals surface area (Å²) in [5.74, 6) is -0.732. The summed E-state index contributed by atoms with van der Waals surface area (Å²) in [6.07, 6.45) is 2.56. The molecule has 0 fully saturated rings. The smallest absolute Gasteiger partial charge is 0.243 e. The third-order valence-electron chi connectivity index (χ3n) is 5.81. The minimum Gasteiger partial charge on any atom is -0.352 e. The van der Waals surface area contributed by atoms with Crippen LogP contribution >= 0.6 is 11.8 Å². The number of thioether (sulfide) groups is 1. The molecule has 0 aliphatic carbocycles. The molecule has 0 saturated heterocycles. The first kappa shape index (κ1) is 23.5. The van der Waals surface area contributed by atoms with Crippen molar-refractivity contribution in [3.05, 3.63) is 95.3 Å². The SMILES string of the molecule is CSc1ccc(CNC(=O)C[C@H]2c3ccccc3CCN2S(=O)(=O)c2ccc(F)cc2)cc1. The molecular formula is C25H25FN2O3S2. The Bertz CT molecular complexity index is 1230. The molecule has 3 aromatic rings. The van der Waals surface area contributed by atoms with Gasteiger partial charge in [0.1, 0.15) is 5.82 Å². The van der Waals surface area contributed by atoms with Crippen LogP contribution in [0, 0.1) is 5.82 Å². The molecule has 1 heterocycles. The van der Waals surface area contributed by atoms with Crippen LogP contribution in [0.4, 0.5) is 4.39 Å². The second-order valence-corrected chi connectivity index (χ2v) is 10.6. The fourth-order valence-corrected chi connectivity index (χ4v) is 6.08. The number of nitrogens with one attached hydrogen (secondary N) is 1. The predicted molar refractivity (Wildman–Crippen MR) is 128 cm³/mol. The molecule has 1 atom stereocenters. The average Bonchev–Trinajstić information content (AvgIpc) is 2.83. The van der Waals surface area contributed by atoms with Crippen molar-refractivity contribution in [2.45, 2.75) is 35.2 Å². The van der Waals surface area contributed by atoms with Crippen LogP contribution in [0.5, 0.6) is 0 Å². The van der Waals surface area contributed by atoms with E-state index in [-0.39, 0.29) is 23.8 Å². The third kappa shape index (κ3) is 5.29. The molecule has 0 spiro atoms. The number of rotatable bonds is 7. The summed E-state index contributed by atoms with van der Waals surface area (Å²) in [6, 6.07) is 19.7. The molecule has 33 heavy (non-hydrogen) atoms. The molecule has 1 amide bonds. The molecule has 0 aromatic heterocycles. The predicted octanol–water partition coefficient (Wildman–Crippen LogP) is 4.54. The number of halogens is 1. The number of sulfonamides is 1. The molecule has 1 aliphatic heterocycles. The highest BCUT2D eigenvalue weighted by Gasteiger charge is 2.37. The van der Waals surface area contributed by atoms with Crippen molar-refractivity contribution in [2.24, 2.45) is 0 Å². The van der Waals surface area contributed by atoms with Gasteiger partial charge in [-0.3, -0.25) is 4.79 Å². The van der Waals surface area contributed by atoms with E-state index >= 15 is 0 Å². The monoisotopic (exact) mass is 484 g/mol. The standard InChI is InChI=1S/C25H25FN2O3S2/c1-32-21-10-6-18(7-11-21)17-27-25(29)16-24-23-5-3-2-4-19(23)14-15-28(24)33(30,31)22-12-8-20(26)9-13-22/h2-13,24H,14-17H2,1H3,(H,27,29)/t24-/m0/s1. The van der Waals surface area contributed by atoms with Gasteiger partial charge in [0.2, 0.25) is 15.9 Å². The van der Waals surface area contributed by atoms with Gasteiger partial charge in [0.15, 0.2) is 0 Å². The zero-order valence-electron chi connectivity index (χ0n) is 18.2. The van der Waals surface area contributed by atoms with Gasteiger partial charge in [0.25, 0.3) is 0 Å². The van der Waals surface area contributed by atoms with Crippen molar-refractivity contribution in [3.8, 4) is 0 Å². The van der Waals surface area contributed by atoms with E-state index in [1.807, 2.05) is 54.8 Å². The molecule has 8 heteroatoms. The fraction of sp³-hybridized carbons (Fsp3) is 0.240. The Balaban J connectivity index is 1.56. The fourth-order valence-electron chi connectivity index (χ4n) is 4.06. The van der Waals surface area contributed by atoms with Gasteiger partial charge in [-0.2, -0.15) is 4.31 Å². The number of carbonyl (C=O) groups is 1. The maximum atomic E-state index is 13.4. The van der Waals surface area contributed by atoms with E-state index in [1.165, 1.54) is 16.4 Å². The van der Waals surface area contributed by atoms with Crippen LogP contribution in [0.1, 0.15) is 29.2 Å². The highest BCUT2D eigenvalue weighted by Crippen LogP contribution is 2.36. The largest absolute Gasteiger partial charge is 0.352 e. The second kappa shape index (κ2) is 10.1. The zero-order valence-corrected chi connectivity index (χ0v) is 19.8. The Morgan fingerprint density at radius 3 is 2.45 bits per heavy atom. The highest BCUT2D eigenvalue weighted by molar-refractivity contribution is 7.98. The van der Waals surface area contributed by atoms with Crippen LogP contribution in [-0.4, -0.2) is 31.4 Å². The molecule has 5 nitrogen and oxygen atoms in total. The molecule has 0 saturated carbocycles. The Morgan fingerprint density at radius 2 is 1.76 bits per heavy atom. The van der Waals surface area contributed by atoms with Crippen LogP contribution < -0.4 is 5.32 Å². The van der Waals surface area contributed by atoms with Crippen LogP contribution in [0.15, 0.2) is 82.6 Å². The molecule has 172 valence electrons. The van der Waals surface area contributed by atoms with Crippen molar-refractivity contribution in [1.29, 1.82) is 0 Å². The van der Waals surface area contributed by atoms with Gasteiger partial charge in [0.05, 0.1) is 10.9 Å². The van der Waals surface area contributed by atoms with E-state index in [2.05, 4.69) is 5.32 Å². The number of nitrogens with zero attached hydrogens (tertiary/aromatic N) is 1. The summed E-state index contributed by atoms with van der Waals surface area (Å²) in [5, 5.41) is 2.92. The second-order valence-electron chi connectivity index (χ2n) is 7.86. The molecule has 0 bridgehead atoms. The van der Waals surface area contributed by atoms with Crippen molar-refractivity contribution >= 4 is 27.7 Å². The van der Waals surface area contributed by atoms with E-state index in [9.17, 15) is 17.6 Å². The number of hydrogen-bond acceptors (Lipinski definition) is 4. The van der Waals surface area contributed by atoms with Crippen LogP contribution in [0.2, 0.25) is 0 Å². The van der Waals surface area contributed by atoms with Gasteiger partial charge in [-0.25, -0.2) is 12.8 Å². The van der Waals surface area contributed by atoms with Crippen molar-refractivity contribution in [2.75, 3.05) is 12.8 Å². The number of amides is 1. The Kier molecular flexibility index (Phi) is 7.17. The summed E-state index contributed by atoms with van der Waals surface area (Å²) in [7, 11) is -3.91. The summed E-state index contributed by atoms with van der Waals surface area (Å²) < 4.78 is 41.6. The van der Waals surface area contributed by atoms with Crippen LogP contribution in [0.25, 0.3) is 0 Å². The number of benzene rings is 3. The average molecular weight is 485 g/mol. The van der Waals surface area contributed by atoms with Gasteiger partial charge in [0, 0.05) is 24.4 Å². The third-order valence-corrected chi connectivity index (χ3v) is 8.48. The lowest BCUT2D eigenvalue weighted by atomic mass is 9.92. The summed E-state index contributed by atoms with van der Waals surface area (Å²) in [6.45, 7) is 0.622. The minimum atomic E-state index is -3.91. The quantitative estimate of drug-likeness (QED) is 0.500. The number of carbonyl (C=O) groups excluding carboxylic acids is 1. The molecule has 1 N–H and O–H groups in total. The normalized spacial score (nSPS) is 16.2. The van der Waals surface area contributed by atoms with Gasteiger partial charge in [-0.15, -0.1) is 11.8 Å². The van der Waals surface area contributed by atoms with E-state index in [0.717, 1.165) is 33.7 Å². The van der Waals surface area contributed by atoms with Gasteiger partial charge < -0.3 is 5.32 Å². The Labute approximate surface area is 198 Å². The molecule has 1 aliphatic rings. The molecule has 4 rings (SSSR count). The molecule has 3 aromatic carbocycles. The molecular weight excluding hydrogens is 459 g/mol. The maximum Gasteiger partial charge on any atom is 0.243 e. The molecule has 0 radical (unpaired) electrons. The lowest BCUT2D eigenvalue weighted by molar-refractivity contribution is -0.122. The minimum absolute atomic E-state index is 0.000331. The van der Waals surface area contributed by atoms with Gasteiger partial charge in [-0.1, -0.05) is 36.4 Å². The lowest BCUT2D eigenvalue weighted by Crippen LogP contribution is -2.42. The van der Waals surface area contributed by atoms with Crippen LogP contribution in [-0.2, 0) is 27.8 Å². The Morgan fingerprint density at radius 1 is 1.06 bits per heavy atom. The van der Waals surface area contributed by atoms with Crippen molar-refractivity contribution < 1.29 is 17.6 Å². The van der Waals surface area contributed by atoms with E-state index in [1.54, 1.807) is 11.8 Å². The molecule has 0 unspecified atom stereocenters. The highest BCUT2D eigenvalue weighted by atomic mass is 32.2. The lowest BCUT2D eigenvalue weighted by Gasteiger charge is -2.36. The maximum absolute atomic E-state index is 13.4. The van der Waals surface area contributed by atoms with Crippen molar-refractivity contribution in [1.82, 2.24) is 9.62 Å². The first-order chi connectivity index (χ1) is 15.9. The summed E-state index contributed by atoms with van der Waals surface area (Å²) in [4.78, 5) is 14.0. The topological polar surface area (TPSA) is 66.5 Å². The summed E-state index contributed by atoms with van der Waals surface area (Å²) >= 11 is 1.65. The number of hydrogen-bond donors (Lipinski definition) is 1. The van der Waals surface area contributed by atoms with Gasteiger partial charge >= 0.3 is 0 Å². The van der Waals surface area contributed by atoms with Gasteiger partial charge in [-0.05, 0) is 65.8 Å². The van der Waals surface area contributed by atoms with E-state index < -0.39 is 21.9 Å². The van der Waals surface area contributed by atoms with E-state index in [0.29, 0.717) is 13.0 Å². The van der Waals surface area contributed by atoms with E-state index in [4.69, 9.17) is 0 Å². The van der Waals surface area contributed by atoms with Crippen molar-refractivity contribution in [3.63, 3.8) is 0 Å².